The predicted molar refractivity (Wildman–Crippen MR) is 98.4 cm³/mol. The highest BCUT2D eigenvalue weighted by atomic mass is 16.5. The number of aryl methyl sites for hydroxylation is 1. The number of anilines is 1. The van der Waals surface area contributed by atoms with Crippen LogP contribution in [0, 0.1) is 12.8 Å². The van der Waals surface area contributed by atoms with E-state index in [4.69, 9.17) is 4.74 Å². The normalized spacial score (nSPS) is 12.5. The van der Waals surface area contributed by atoms with Crippen LogP contribution in [0.5, 0.6) is 0 Å². The van der Waals surface area contributed by atoms with Gasteiger partial charge in [-0.15, -0.1) is 0 Å². The Balaban J connectivity index is 2.04. The number of benzene rings is 1. The molecule has 126 valence electrons. The van der Waals surface area contributed by atoms with Crippen molar-refractivity contribution in [1.29, 1.82) is 0 Å². The summed E-state index contributed by atoms with van der Waals surface area (Å²) >= 11 is 0. The highest BCUT2D eigenvalue weighted by Gasteiger charge is 2.17. The van der Waals surface area contributed by atoms with Crippen LogP contribution >= 0.6 is 0 Å². The SMILES string of the molecule is COCC(C)CN(C)c1ncnc2[nH]cc(-c3cccc(C)c3)c12. The zero-order valence-electron chi connectivity index (χ0n) is 14.7. The second-order valence-corrected chi connectivity index (χ2v) is 6.43. The lowest BCUT2D eigenvalue weighted by Crippen LogP contribution is -2.27. The van der Waals surface area contributed by atoms with Gasteiger partial charge in [-0.25, -0.2) is 9.97 Å². The summed E-state index contributed by atoms with van der Waals surface area (Å²) in [4.78, 5) is 14.4. The molecule has 5 heteroatoms. The fourth-order valence-electron chi connectivity index (χ4n) is 3.17. The van der Waals surface area contributed by atoms with Gasteiger partial charge in [-0.1, -0.05) is 36.8 Å². The smallest absolute Gasteiger partial charge is 0.143 e. The van der Waals surface area contributed by atoms with Crippen LogP contribution in [0.4, 0.5) is 5.82 Å². The third-order valence-corrected chi connectivity index (χ3v) is 4.18. The summed E-state index contributed by atoms with van der Waals surface area (Å²) in [5.74, 6) is 1.37. The summed E-state index contributed by atoms with van der Waals surface area (Å²) in [6.07, 6.45) is 3.63. The topological polar surface area (TPSA) is 54.0 Å². The van der Waals surface area contributed by atoms with E-state index in [1.54, 1.807) is 13.4 Å². The van der Waals surface area contributed by atoms with Crippen molar-refractivity contribution in [2.45, 2.75) is 13.8 Å². The van der Waals surface area contributed by atoms with E-state index in [9.17, 15) is 0 Å². The van der Waals surface area contributed by atoms with Crippen LogP contribution in [0.1, 0.15) is 12.5 Å². The predicted octanol–water partition coefficient (Wildman–Crippen LogP) is 3.65. The van der Waals surface area contributed by atoms with Crippen molar-refractivity contribution >= 4 is 16.9 Å². The van der Waals surface area contributed by atoms with Crippen molar-refractivity contribution in [2.75, 3.05) is 32.2 Å². The van der Waals surface area contributed by atoms with E-state index in [-0.39, 0.29) is 0 Å². The lowest BCUT2D eigenvalue weighted by molar-refractivity contribution is 0.162. The first-order valence-corrected chi connectivity index (χ1v) is 8.19. The fourth-order valence-corrected chi connectivity index (χ4v) is 3.17. The first kappa shape index (κ1) is 16.5. The summed E-state index contributed by atoms with van der Waals surface area (Å²) in [7, 11) is 3.81. The molecule has 0 fully saturated rings. The van der Waals surface area contributed by atoms with Crippen LogP contribution in [0.25, 0.3) is 22.2 Å². The molecule has 24 heavy (non-hydrogen) atoms. The van der Waals surface area contributed by atoms with Crippen LogP contribution in [-0.4, -0.2) is 42.3 Å². The van der Waals surface area contributed by atoms with Crippen molar-refractivity contribution < 1.29 is 4.74 Å². The Bertz CT molecular complexity index is 827. The lowest BCUT2D eigenvalue weighted by atomic mass is 10.0. The fraction of sp³-hybridized carbons (Fsp3) is 0.368. The molecule has 3 aromatic rings. The maximum Gasteiger partial charge on any atom is 0.143 e. The number of hydrogen-bond donors (Lipinski definition) is 1. The van der Waals surface area contributed by atoms with Gasteiger partial charge in [-0.05, 0) is 18.4 Å². The van der Waals surface area contributed by atoms with E-state index in [1.165, 1.54) is 11.1 Å². The van der Waals surface area contributed by atoms with Gasteiger partial charge in [-0.3, -0.25) is 0 Å². The van der Waals surface area contributed by atoms with Crippen LogP contribution in [-0.2, 0) is 4.74 Å². The number of nitrogens with zero attached hydrogens (tertiary/aromatic N) is 3. The Morgan fingerprint density at radius 2 is 2.12 bits per heavy atom. The molecule has 1 N–H and O–H groups in total. The zero-order chi connectivity index (χ0) is 17.1. The van der Waals surface area contributed by atoms with Crippen molar-refractivity contribution in [3.05, 3.63) is 42.4 Å². The summed E-state index contributed by atoms with van der Waals surface area (Å²) in [6.45, 7) is 5.89. The molecule has 0 aliphatic rings. The third-order valence-electron chi connectivity index (χ3n) is 4.18. The van der Waals surface area contributed by atoms with Crippen LogP contribution < -0.4 is 4.90 Å². The number of aromatic amines is 1. The average Bonchev–Trinajstić information content (AvgIpc) is 2.99. The largest absolute Gasteiger partial charge is 0.384 e. The molecule has 0 bridgehead atoms. The first-order chi connectivity index (χ1) is 11.6. The van der Waals surface area contributed by atoms with Crippen molar-refractivity contribution in [1.82, 2.24) is 15.0 Å². The molecule has 0 saturated carbocycles. The minimum Gasteiger partial charge on any atom is -0.384 e. The molecular weight excluding hydrogens is 300 g/mol. The van der Waals surface area contributed by atoms with Crippen LogP contribution in [0.2, 0.25) is 0 Å². The van der Waals surface area contributed by atoms with Gasteiger partial charge in [0.05, 0.1) is 12.0 Å². The standard InChI is InChI=1S/C19H24N4O/c1-13-6-5-7-15(8-13)16-9-20-18-17(16)19(22-12-21-18)23(3)10-14(2)11-24-4/h5-9,12,14H,10-11H2,1-4H3,(H,20,21,22). The number of hydrogen-bond acceptors (Lipinski definition) is 4. The van der Waals surface area contributed by atoms with Gasteiger partial charge in [0, 0.05) is 32.5 Å². The Morgan fingerprint density at radius 1 is 1.29 bits per heavy atom. The monoisotopic (exact) mass is 324 g/mol. The summed E-state index contributed by atoms with van der Waals surface area (Å²) in [5, 5.41) is 1.07. The van der Waals surface area contributed by atoms with Crippen LogP contribution in [0.3, 0.4) is 0 Å². The third kappa shape index (κ3) is 3.26. The van der Waals surface area contributed by atoms with E-state index in [1.807, 2.05) is 6.20 Å². The van der Waals surface area contributed by atoms with Gasteiger partial charge in [0.15, 0.2) is 0 Å². The van der Waals surface area contributed by atoms with Gasteiger partial charge < -0.3 is 14.6 Å². The molecular formula is C19H24N4O. The molecule has 0 amide bonds. The van der Waals surface area contributed by atoms with Gasteiger partial charge in [0.25, 0.3) is 0 Å². The Kier molecular flexibility index (Phi) is 4.81. The molecule has 2 aromatic heterocycles. The molecule has 5 nitrogen and oxygen atoms in total. The van der Waals surface area contributed by atoms with Gasteiger partial charge in [-0.2, -0.15) is 0 Å². The molecule has 0 spiro atoms. The number of fused-ring (bicyclic) bond motifs is 1. The van der Waals surface area contributed by atoms with E-state index >= 15 is 0 Å². The van der Waals surface area contributed by atoms with Crippen LogP contribution in [0.15, 0.2) is 36.8 Å². The van der Waals surface area contributed by atoms with E-state index in [2.05, 4.69) is 65.0 Å². The first-order valence-electron chi connectivity index (χ1n) is 8.19. The average molecular weight is 324 g/mol. The molecule has 0 aliphatic carbocycles. The van der Waals surface area contributed by atoms with E-state index < -0.39 is 0 Å². The number of aromatic nitrogens is 3. The van der Waals surface area contributed by atoms with E-state index in [0.29, 0.717) is 5.92 Å². The maximum absolute atomic E-state index is 5.25. The van der Waals surface area contributed by atoms with Crippen molar-refractivity contribution in [2.24, 2.45) is 5.92 Å². The minimum atomic E-state index is 0.423. The summed E-state index contributed by atoms with van der Waals surface area (Å²) in [5.41, 5.74) is 4.41. The molecule has 2 heterocycles. The van der Waals surface area contributed by atoms with Gasteiger partial charge in [0.2, 0.25) is 0 Å². The minimum absolute atomic E-state index is 0.423. The molecule has 1 unspecified atom stereocenters. The van der Waals surface area contributed by atoms with E-state index in [0.717, 1.165) is 35.6 Å². The number of methoxy groups -OCH3 is 1. The number of nitrogens with one attached hydrogen (secondary N) is 1. The second kappa shape index (κ2) is 7.01. The number of ether oxygens (including phenoxy) is 1. The quantitative estimate of drug-likeness (QED) is 0.752. The molecule has 0 radical (unpaired) electrons. The van der Waals surface area contributed by atoms with Crippen molar-refractivity contribution in [3.63, 3.8) is 0 Å². The second-order valence-electron chi connectivity index (χ2n) is 6.43. The molecule has 0 aliphatic heterocycles. The highest BCUT2D eigenvalue weighted by molar-refractivity contribution is 6.01. The number of H-pyrrole nitrogens is 1. The zero-order valence-corrected chi connectivity index (χ0v) is 14.7. The molecule has 0 saturated heterocycles. The molecule has 1 aromatic carbocycles. The Morgan fingerprint density at radius 3 is 2.88 bits per heavy atom. The van der Waals surface area contributed by atoms with Gasteiger partial charge in [0.1, 0.15) is 17.8 Å². The lowest BCUT2D eigenvalue weighted by Gasteiger charge is -2.23. The maximum atomic E-state index is 5.25. The number of rotatable bonds is 6. The Hall–Kier alpha value is -2.40. The van der Waals surface area contributed by atoms with Gasteiger partial charge >= 0.3 is 0 Å². The summed E-state index contributed by atoms with van der Waals surface area (Å²) in [6, 6.07) is 8.50. The summed E-state index contributed by atoms with van der Waals surface area (Å²) < 4.78 is 5.25. The highest BCUT2D eigenvalue weighted by Crippen LogP contribution is 2.33. The van der Waals surface area contributed by atoms with Crippen molar-refractivity contribution in [3.8, 4) is 11.1 Å². The molecule has 3 rings (SSSR count). The Labute approximate surface area is 142 Å². The molecule has 1 atom stereocenters.